The maximum atomic E-state index is 13.0. The molecule has 0 aliphatic heterocycles. The summed E-state index contributed by atoms with van der Waals surface area (Å²) in [5.74, 6) is 0.0870. The molecule has 0 unspecified atom stereocenters. The summed E-state index contributed by atoms with van der Waals surface area (Å²) in [6.07, 6.45) is -2.95. The van der Waals surface area contributed by atoms with Gasteiger partial charge in [0.25, 0.3) is 0 Å². The van der Waals surface area contributed by atoms with Crippen molar-refractivity contribution >= 4 is 16.6 Å². The summed E-state index contributed by atoms with van der Waals surface area (Å²) in [6, 6.07) is 16.8. The molecule has 2 heterocycles. The first kappa shape index (κ1) is 18.7. The van der Waals surface area contributed by atoms with Gasteiger partial charge in [-0.25, -0.2) is 9.67 Å². The summed E-state index contributed by atoms with van der Waals surface area (Å²) in [7, 11) is 0. The van der Waals surface area contributed by atoms with Crippen LogP contribution in [0.5, 0.6) is 0 Å². The van der Waals surface area contributed by atoms with E-state index in [1.54, 1.807) is 13.1 Å². The molecule has 5 nitrogen and oxygen atoms in total. The summed E-state index contributed by atoms with van der Waals surface area (Å²) in [4.78, 5) is 3.72. The minimum absolute atomic E-state index is 0.0870. The van der Waals surface area contributed by atoms with Crippen molar-refractivity contribution < 1.29 is 18.4 Å². The van der Waals surface area contributed by atoms with Crippen molar-refractivity contribution in [2.75, 3.05) is 0 Å². The van der Waals surface area contributed by atoms with Crippen LogP contribution < -0.4 is 0 Å². The predicted molar refractivity (Wildman–Crippen MR) is 103 cm³/mol. The van der Waals surface area contributed by atoms with Gasteiger partial charge in [0.05, 0.1) is 17.4 Å². The van der Waals surface area contributed by atoms with Gasteiger partial charge in [-0.1, -0.05) is 41.6 Å². The molecule has 0 saturated heterocycles. The van der Waals surface area contributed by atoms with Crippen LogP contribution in [-0.4, -0.2) is 25.7 Å². The molecule has 0 aliphatic carbocycles. The highest BCUT2D eigenvalue weighted by Crippen LogP contribution is 2.30. The van der Waals surface area contributed by atoms with Crippen molar-refractivity contribution in [2.45, 2.75) is 13.1 Å². The summed E-state index contributed by atoms with van der Waals surface area (Å²) in [5, 5.41) is 17.2. The molecular weight excluding hydrogens is 381 g/mol. The van der Waals surface area contributed by atoms with Crippen molar-refractivity contribution in [2.24, 2.45) is 5.16 Å². The van der Waals surface area contributed by atoms with Crippen LogP contribution >= 0.6 is 0 Å². The Morgan fingerprint density at radius 2 is 1.76 bits per heavy atom. The Morgan fingerprint density at radius 1 is 1.00 bits per heavy atom. The average molecular weight is 396 g/mol. The van der Waals surface area contributed by atoms with Gasteiger partial charge in [0.15, 0.2) is 5.82 Å². The number of hydrogen-bond acceptors (Lipinski definition) is 4. The number of aromatic nitrogens is 3. The quantitative estimate of drug-likeness (QED) is 0.290. The Labute approximate surface area is 163 Å². The largest absolute Gasteiger partial charge is 0.433 e. The van der Waals surface area contributed by atoms with Crippen LogP contribution in [0.25, 0.3) is 27.8 Å². The number of fused-ring (bicyclic) bond motifs is 1. The third kappa shape index (κ3) is 3.56. The van der Waals surface area contributed by atoms with Crippen molar-refractivity contribution in [1.29, 1.82) is 0 Å². The molecule has 2 aromatic carbocycles. The smallest absolute Gasteiger partial charge is 0.411 e. The summed E-state index contributed by atoms with van der Waals surface area (Å²) >= 11 is 0. The van der Waals surface area contributed by atoms with E-state index in [1.807, 2.05) is 42.5 Å². The first-order chi connectivity index (χ1) is 13.9. The highest BCUT2D eigenvalue weighted by Gasteiger charge is 2.32. The first-order valence-corrected chi connectivity index (χ1v) is 8.69. The van der Waals surface area contributed by atoms with E-state index in [1.165, 1.54) is 16.8 Å². The summed E-state index contributed by atoms with van der Waals surface area (Å²) < 4.78 is 40.5. The average Bonchev–Trinajstić information content (AvgIpc) is 3.16. The van der Waals surface area contributed by atoms with Crippen molar-refractivity contribution in [1.82, 2.24) is 14.8 Å². The Hall–Kier alpha value is -3.68. The molecule has 8 heteroatoms. The van der Waals surface area contributed by atoms with Crippen LogP contribution in [0.4, 0.5) is 13.2 Å². The third-order valence-electron chi connectivity index (χ3n) is 4.58. The van der Waals surface area contributed by atoms with Crippen molar-refractivity contribution in [3.63, 3.8) is 0 Å². The molecule has 0 bridgehead atoms. The van der Waals surface area contributed by atoms with E-state index < -0.39 is 11.9 Å². The standard InChI is InChI=1S/C21H15F3N4O/c1-13(27-29)14-4-2-5-15(10-14)16-8-9-17-12-25-28(18(17)11-16)20-7-3-6-19(26-20)21(22,23)24/h2-12,29H,1H3/b27-13-. The molecule has 146 valence electrons. The highest BCUT2D eigenvalue weighted by atomic mass is 19.4. The number of benzene rings is 2. The summed E-state index contributed by atoms with van der Waals surface area (Å²) in [6.45, 7) is 1.69. The fourth-order valence-electron chi connectivity index (χ4n) is 3.06. The Kier molecular flexibility index (Phi) is 4.54. The number of pyridine rings is 1. The molecule has 4 aromatic rings. The monoisotopic (exact) mass is 396 g/mol. The second-order valence-corrected chi connectivity index (χ2v) is 6.47. The molecule has 0 amide bonds. The van der Waals surface area contributed by atoms with Gasteiger partial charge in [-0.05, 0) is 47.9 Å². The van der Waals surface area contributed by atoms with Crippen LogP contribution in [-0.2, 0) is 6.18 Å². The highest BCUT2D eigenvalue weighted by molar-refractivity contribution is 5.99. The van der Waals surface area contributed by atoms with E-state index in [2.05, 4.69) is 15.2 Å². The third-order valence-corrected chi connectivity index (χ3v) is 4.58. The molecule has 1 N–H and O–H groups in total. The van der Waals surface area contributed by atoms with Gasteiger partial charge in [-0.2, -0.15) is 18.3 Å². The number of alkyl halides is 3. The van der Waals surface area contributed by atoms with Crippen molar-refractivity contribution in [3.05, 3.63) is 78.1 Å². The van der Waals surface area contributed by atoms with Gasteiger partial charge in [0.1, 0.15) is 5.69 Å². The molecule has 2 aromatic heterocycles. The van der Waals surface area contributed by atoms with Crippen LogP contribution in [0.3, 0.4) is 0 Å². The van der Waals surface area contributed by atoms with Crippen LogP contribution in [0.15, 0.2) is 72.0 Å². The number of rotatable bonds is 3. The maximum absolute atomic E-state index is 13.0. The van der Waals surface area contributed by atoms with E-state index in [4.69, 9.17) is 5.21 Å². The van der Waals surface area contributed by atoms with Crippen LogP contribution in [0, 0.1) is 0 Å². The van der Waals surface area contributed by atoms with E-state index in [-0.39, 0.29) is 5.82 Å². The van der Waals surface area contributed by atoms with Crippen LogP contribution in [0.2, 0.25) is 0 Å². The van der Waals surface area contributed by atoms with E-state index in [0.717, 1.165) is 28.1 Å². The second-order valence-electron chi connectivity index (χ2n) is 6.47. The SMILES string of the molecule is C/C(=N/O)c1cccc(-c2ccc3cnn(-c4cccc(C(F)(F)F)n4)c3c2)c1. The van der Waals surface area contributed by atoms with E-state index in [9.17, 15) is 13.2 Å². The van der Waals surface area contributed by atoms with Gasteiger partial charge in [-0.3, -0.25) is 0 Å². The summed E-state index contributed by atoms with van der Waals surface area (Å²) in [5.41, 5.74) is 2.62. The molecule has 0 radical (unpaired) electrons. The lowest BCUT2D eigenvalue weighted by atomic mass is 10.0. The molecule has 0 aliphatic rings. The van der Waals surface area contributed by atoms with E-state index in [0.29, 0.717) is 11.2 Å². The zero-order chi connectivity index (χ0) is 20.6. The van der Waals surface area contributed by atoms with Gasteiger partial charge in [0.2, 0.25) is 0 Å². The number of hydrogen-bond donors (Lipinski definition) is 1. The van der Waals surface area contributed by atoms with E-state index >= 15 is 0 Å². The van der Waals surface area contributed by atoms with Crippen LogP contribution in [0.1, 0.15) is 18.2 Å². The van der Waals surface area contributed by atoms with Gasteiger partial charge >= 0.3 is 6.18 Å². The van der Waals surface area contributed by atoms with Gasteiger partial charge in [0, 0.05) is 5.39 Å². The lowest BCUT2D eigenvalue weighted by Crippen LogP contribution is -2.10. The topological polar surface area (TPSA) is 63.3 Å². The molecule has 0 fully saturated rings. The zero-order valence-corrected chi connectivity index (χ0v) is 15.2. The minimum atomic E-state index is -4.53. The lowest BCUT2D eigenvalue weighted by Gasteiger charge is -2.09. The number of halogens is 3. The molecule has 0 spiro atoms. The van der Waals surface area contributed by atoms with Crippen molar-refractivity contribution in [3.8, 4) is 16.9 Å². The lowest BCUT2D eigenvalue weighted by molar-refractivity contribution is -0.141. The predicted octanol–water partition coefficient (Wildman–Crippen LogP) is 5.30. The first-order valence-electron chi connectivity index (χ1n) is 8.69. The molecule has 0 saturated carbocycles. The second kappa shape index (κ2) is 7.05. The van der Waals surface area contributed by atoms with Gasteiger partial charge < -0.3 is 5.21 Å². The number of oxime groups is 1. The fraction of sp³-hybridized carbons (Fsp3) is 0.0952. The van der Waals surface area contributed by atoms with Gasteiger partial charge in [-0.15, -0.1) is 0 Å². The maximum Gasteiger partial charge on any atom is 0.433 e. The Balaban J connectivity index is 1.82. The Bertz CT molecular complexity index is 1230. The fourth-order valence-corrected chi connectivity index (χ4v) is 3.06. The minimum Gasteiger partial charge on any atom is -0.411 e. The Morgan fingerprint density at radius 3 is 2.52 bits per heavy atom. The number of nitrogens with zero attached hydrogens (tertiary/aromatic N) is 4. The molecular formula is C21H15F3N4O. The molecule has 29 heavy (non-hydrogen) atoms. The molecule has 0 atom stereocenters. The molecule has 4 rings (SSSR count). The zero-order valence-electron chi connectivity index (χ0n) is 15.2. The normalized spacial score (nSPS) is 12.5.